The lowest BCUT2D eigenvalue weighted by Crippen LogP contribution is -2.38. The largest absolute Gasteiger partial charge is 0.477 e. The standard InChI is InChI=1S/C17H21N7O/c1-2-25-17-11-24-15(9-20-17)13(7-21-24)14-8-19-10-16(23-14)22-12-4-3-5-18-6-12/h7-12,18H,2-6H2,1H3,(H,22,23)/t12-/m1/s1. The normalized spacial score (nSPS) is 17.6. The molecule has 4 heterocycles. The molecular weight excluding hydrogens is 318 g/mol. The van der Waals surface area contributed by atoms with Crippen molar-refractivity contribution in [3.05, 3.63) is 31.0 Å². The van der Waals surface area contributed by atoms with Crippen molar-refractivity contribution >= 4 is 11.3 Å². The summed E-state index contributed by atoms with van der Waals surface area (Å²) < 4.78 is 7.17. The van der Waals surface area contributed by atoms with Gasteiger partial charge in [-0.2, -0.15) is 5.10 Å². The van der Waals surface area contributed by atoms with Gasteiger partial charge in [-0.15, -0.1) is 0 Å². The molecule has 8 nitrogen and oxygen atoms in total. The number of anilines is 1. The Morgan fingerprint density at radius 3 is 3.12 bits per heavy atom. The summed E-state index contributed by atoms with van der Waals surface area (Å²) in [5.74, 6) is 1.33. The third kappa shape index (κ3) is 3.39. The van der Waals surface area contributed by atoms with E-state index in [9.17, 15) is 0 Å². The van der Waals surface area contributed by atoms with E-state index < -0.39 is 0 Å². The van der Waals surface area contributed by atoms with Crippen LogP contribution < -0.4 is 15.4 Å². The number of fused-ring (bicyclic) bond motifs is 1. The van der Waals surface area contributed by atoms with Gasteiger partial charge >= 0.3 is 0 Å². The summed E-state index contributed by atoms with van der Waals surface area (Å²) in [5, 5.41) is 11.2. The molecule has 1 atom stereocenters. The molecule has 8 heteroatoms. The Labute approximate surface area is 145 Å². The van der Waals surface area contributed by atoms with Gasteiger partial charge in [-0.1, -0.05) is 0 Å². The third-order valence-electron chi connectivity index (χ3n) is 4.23. The third-order valence-corrected chi connectivity index (χ3v) is 4.23. The summed E-state index contributed by atoms with van der Waals surface area (Å²) in [7, 11) is 0. The first-order valence-electron chi connectivity index (χ1n) is 8.59. The highest BCUT2D eigenvalue weighted by Crippen LogP contribution is 2.24. The molecule has 1 aliphatic rings. The average molecular weight is 339 g/mol. The highest BCUT2D eigenvalue weighted by atomic mass is 16.5. The van der Waals surface area contributed by atoms with Gasteiger partial charge in [0.2, 0.25) is 5.88 Å². The average Bonchev–Trinajstić information content (AvgIpc) is 3.06. The lowest BCUT2D eigenvalue weighted by Gasteiger charge is -2.24. The molecule has 3 aromatic heterocycles. The molecule has 0 bridgehead atoms. The number of hydrogen-bond acceptors (Lipinski definition) is 7. The quantitative estimate of drug-likeness (QED) is 0.732. The Morgan fingerprint density at radius 1 is 1.32 bits per heavy atom. The lowest BCUT2D eigenvalue weighted by atomic mass is 10.1. The summed E-state index contributed by atoms with van der Waals surface area (Å²) >= 11 is 0. The molecule has 1 fully saturated rings. The second-order valence-electron chi connectivity index (χ2n) is 6.02. The Morgan fingerprint density at radius 2 is 2.28 bits per heavy atom. The zero-order chi connectivity index (χ0) is 17.1. The van der Waals surface area contributed by atoms with Crippen molar-refractivity contribution in [1.29, 1.82) is 0 Å². The zero-order valence-electron chi connectivity index (χ0n) is 14.1. The van der Waals surface area contributed by atoms with Crippen LogP contribution in [0.1, 0.15) is 19.8 Å². The maximum atomic E-state index is 5.42. The first-order chi connectivity index (χ1) is 12.3. The fourth-order valence-corrected chi connectivity index (χ4v) is 3.04. The van der Waals surface area contributed by atoms with Crippen molar-refractivity contribution in [3.63, 3.8) is 0 Å². The van der Waals surface area contributed by atoms with Gasteiger partial charge in [0.15, 0.2) is 0 Å². The maximum Gasteiger partial charge on any atom is 0.232 e. The molecule has 0 amide bonds. The summed E-state index contributed by atoms with van der Waals surface area (Å²) in [5.41, 5.74) is 2.54. The predicted molar refractivity (Wildman–Crippen MR) is 94.7 cm³/mol. The topological polar surface area (TPSA) is 89.3 Å². The monoisotopic (exact) mass is 339 g/mol. The number of aromatic nitrogens is 5. The summed E-state index contributed by atoms with van der Waals surface area (Å²) in [6.45, 7) is 4.54. The van der Waals surface area contributed by atoms with E-state index in [2.05, 4.69) is 25.7 Å². The minimum Gasteiger partial charge on any atom is -0.477 e. The van der Waals surface area contributed by atoms with Gasteiger partial charge < -0.3 is 15.4 Å². The highest BCUT2D eigenvalue weighted by molar-refractivity contribution is 5.77. The van der Waals surface area contributed by atoms with Crippen LogP contribution in [0.3, 0.4) is 0 Å². The minimum atomic E-state index is 0.387. The lowest BCUT2D eigenvalue weighted by molar-refractivity contribution is 0.324. The van der Waals surface area contributed by atoms with E-state index in [1.54, 1.807) is 35.5 Å². The zero-order valence-corrected chi connectivity index (χ0v) is 14.1. The molecule has 0 radical (unpaired) electrons. The number of ether oxygens (including phenoxy) is 1. The van der Waals surface area contributed by atoms with Gasteiger partial charge in [0, 0.05) is 18.2 Å². The fourth-order valence-electron chi connectivity index (χ4n) is 3.04. The Kier molecular flexibility index (Phi) is 4.43. The summed E-state index contributed by atoms with van der Waals surface area (Å²) in [6, 6.07) is 0.387. The smallest absolute Gasteiger partial charge is 0.232 e. The number of nitrogens with zero attached hydrogens (tertiary/aromatic N) is 5. The van der Waals surface area contributed by atoms with E-state index in [0.717, 1.165) is 42.1 Å². The number of hydrogen-bond donors (Lipinski definition) is 2. The van der Waals surface area contributed by atoms with Gasteiger partial charge in [0.05, 0.1) is 48.8 Å². The molecule has 0 spiro atoms. The first-order valence-corrected chi connectivity index (χ1v) is 8.59. The van der Waals surface area contributed by atoms with Gasteiger partial charge in [-0.05, 0) is 26.3 Å². The molecule has 4 rings (SSSR count). The molecule has 130 valence electrons. The molecule has 3 aromatic rings. The van der Waals surface area contributed by atoms with Crippen LogP contribution >= 0.6 is 0 Å². The second-order valence-corrected chi connectivity index (χ2v) is 6.02. The molecule has 0 saturated carbocycles. The van der Waals surface area contributed by atoms with Crippen LogP contribution in [-0.2, 0) is 0 Å². The van der Waals surface area contributed by atoms with Crippen LogP contribution in [0.4, 0.5) is 5.82 Å². The summed E-state index contributed by atoms with van der Waals surface area (Å²) in [6.07, 6.45) is 11.1. The van der Waals surface area contributed by atoms with E-state index in [1.165, 1.54) is 6.42 Å². The van der Waals surface area contributed by atoms with Crippen LogP contribution in [0.25, 0.3) is 16.8 Å². The molecule has 0 unspecified atom stereocenters. The van der Waals surface area contributed by atoms with E-state index >= 15 is 0 Å². The maximum absolute atomic E-state index is 5.42. The van der Waals surface area contributed by atoms with E-state index in [4.69, 9.17) is 9.72 Å². The van der Waals surface area contributed by atoms with Crippen molar-refractivity contribution in [2.45, 2.75) is 25.8 Å². The van der Waals surface area contributed by atoms with Gasteiger partial charge in [-0.25, -0.2) is 14.5 Å². The van der Waals surface area contributed by atoms with Crippen LogP contribution in [0.2, 0.25) is 0 Å². The molecule has 2 N–H and O–H groups in total. The minimum absolute atomic E-state index is 0.387. The van der Waals surface area contributed by atoms with Gasteiger partial charge in [-0.3, -0.25) is 4.98 Å². The van der Waals surface area contributed by atoms with Crippen molar-refractivity contribution in [2.75, 3.05) is 25.0 Å². The van der Waals surface area contributed by atoms with Gasteiger partial charge in [0.25, 0.3) is 0 Å². The molecule has 0 aromatic carbocycles. The van der Waals surface area contributed by atoms with E-state index in [0.29, 0.717) is 18.5 Å². The fraction of sp³-hybridized carbons (Fsp3) is 0.412. The predicted octanol–water partition coefficient (Wildman–Crippen LogP) is 1.75. The Balaban J connectivity index is 1.61. The van der Waals surface area contributed by atoms with Crippen molar-refractivity contribution in [3.8, 4) is 17.1 Å². The SMILES string of the molecule is CCOc1cn2ncc(-c3cncc(N[C@@H]4CCCNC4)n3)c2cn1. The van der Waals surface area contributed by atoms with Crippen LogP contribution in [0, 0.1) is 0 Å². The Bertz CT molecular complexity index is 857. The van der Waals surface area contributed by atoms with Crippen LogP contribution in [0.5, 0.6) is 5.88 Å². The second kappa shape index (κ2) is 7.02. The number of nitrogens with one attached hydrogen (secondary N) is 2. The molecule has 25 heavy (non-hydrogen) atoms. The highest BCUT2D eigenvalue weighted by Gasteiger charge is 2.15. The van der Waals surface area contributed by atoms with Crippen molar-refractivity contribution in [2.24, 2.45) is 0 Å². The molecule has 1 saturated heterocycles. The molecular formula is C17H21N7O. The first kappa shape index (κ1) is 15.8. The van der Waals surface area contributed by atoms with Crippen LogP contribution in [-0.4, -0.2) is 50.3 Å². The number of piperidine rings is 1. The van der Waals surface area contributed by atoms with Crippen molar-refractivity contribution in [1.82, 2.24) is 29.9 Å². The van der Waals surface area contributed by atoms with Gasteiger partial charge in [0.1, 0.15) is 5.82 Å². The van der Waals surface area contributed by atoms with E-state index in [1.807, 2.05) is 6.92 Å². The van der Waals surface area contributed by atoms with Crippen molar-refractivity contribution < 1.29 is 4.74 Å². The van der Waals surface area contributed by atoms with Crippen LogP contribution in [0.15, 0.2) is 31.0 Å². The van der Waals surface area contributed by atoms with E-state index in [-0.39, 0.29) is 0 Å². The summed E-state index contributed by atoms with van der Waals surface area (Å²) in [4.78, 5) is 13.4. The number of rotatable bonds is 5. The Hall–Kier alpha value is -2.74. The molecule has 0 aliphatic carbocycles. The molecule has 1 aliphatic heterocycles.